The summed E-state index contributed by atoms with van der Waals surface area (Å²) in [4.78, 5) is 12.3. The second kappa shape index (κ2) is 8.42. The van der Waals surface area contributed by atoms with Crippen molar-refractivity contribution in [1.82, 2.24) is 5.32 Å². The van der Waals surface area contributed by atoms with Gasteiger partial charge < -0.3 is 16.2 Å². The van der Waals surface area contributed by atoms with Gasteiger partial charge in [0, 0.05) is 22.9 Å². The first-order chi connectivity index (χ1) is 13.7. The van der Waals surface area contributed by atoms with Crippen molar-refractivity contribution in [2.24, 2.45) is 0 Å². The fourth-order valence-electron chi connectivity index (χ4n) is 2.52. The minimum Gasteiger partial charge on any atom is -0.507 e. The molecule has 0 aromatic heterocycles. The Morgan fingerprint density at radius 1 is 1.00 bits per heavy atom. The summed E-state index contributed by atoms with van der Waals surface area (Å²) in [6.07, 6.45) is 0. The highest BCUT2D eigenvalue weighted by Gasteiger charge is 2.15. The van der Waals surface area contributed by atoms with Crippen LogP contribution in [0.25, 0.3) is 0 Å². The van der Waals surface area contributed by atoms with E-state index in [4.69, 9.17) is 17.3 Å². The normalized spacial score (nSPS) is 11.1. The van der Waals surface area contributed by atoms with Gasteiger partial charge in [-0.1, -0.05) is 23.7 Å². The Morgan fingerprint density at radius 3 is 2.31 bits per heavy atom. The highest BCUT2D eigenvalue weighted by atomic mass is 35.5. The van der Waals surface area contributed by atoms with Crippen LogP contribution < -0.4 is 15.8 Å². The zero-order valence-electron chi connectivity index (χ0n) is 15.1. The first kappa shape index (κ1) is 20.5. The van der Waals surface area contributed by atoms with Gasteiger partial charge in [-0.15, -0.1) is 0 Å². The highest BCUT2D eigenvalue weighted by molar-refractivity contribution is 7.92. The third-order valence-electron chi connectivity index (χ3n) is 4.05. The Labute approximate surface area is 173 Å². The number of anilines is 2. The molecule has 0 atom stereocenters. The van der Waals surface area contributed by atoms with Gasteiger partial charge in [-0.05, 0) is 60.2 Å². The van der Waals surface area contributed by atoms with E-state index in [2.05, 4.69) is 10.0 Å². The molecule has 150 valence electrons. The van der Waals surface area contributed by atoms with Crippen LogP contribution in [0.2, 0.25) is 5.02 Å². The van der Waals surface area contributed by atoms with Gasteiger partial charge in [0.05, 0.1) is 10.5 Å². The number of hydrogen-bond acceptors (Lipinski definition) is 5. The Hall–Kier alpha value is -3.23. The smallest absolute Gasteiger partial charge is 0.261 e. The van der Waals surface area contributed by atoms with E-state index in [1.807, 2.05) is 0 Å². The summed E-state index contributed by atoms with van der Waals surface area (Å²) < 4.78 is 27.4. The standard InChI is InChI=1S/C20H18ClN3O4S/c21-14-3-10-19(25)18(11-14)20(26)23-12-13-1-8-17(9-2-13)29(27,28)24-16-6-4-15(22)5-7-16/h1-11,24-25H,12,22H2,(H,23,26). The van der Waals surface area contributed by atoms with E-state index in [1.54, 1.807) is 36.4 Å². The molecule has 1 amide bonds. The molecule has 29 heavy (non-hydrogen) atoms. The number of sulfonamides is 1. The number of carbonyl (C=O) groups is 1. The van der Waals surface area contributed by atoms with Crippen LogP contribution in [0.1, 0.15) is 15.9 Å². The number of amides is 1. The first-order valence-electron chi connectivity index (χ1n) is 8.48. The second-order valence-corrected chi connectivity index (χ2v) is 8.33. The van der Waals surface area contributed by atoms with Crippen LogP contribution in [-0.4, -0.2) is 19.4 Å². The van der Waals surface area contributed by atoms with Crippen LogP contribution in [0.3, 0.4) is 0 Å². The van der Waals surface area contributed by atoms with Crippen molar-refractivity contribution in [2.45, 2.75) is 11.4 Å². The van der Waals surface area contributed by atoms with Gasteiger partial charge in [-0.3, -0.25) is 9.52 Å². The zero-order chi connectivity index (χ0) is 21.0. The highest BCUT2D eigenvalue weighted by Crippen LogP contribution is 2.22. The molecule has 0 heterocycles. The molecule has 0 bridgehead atoms. The third-order valence-corrected chi connectivity index (χ3v) is 5.69. The number of nitrogens with one attached hydrogen (secondary N) is 2. The molecule has 9 heteroatoms. The molecule has 0 saturated carbocycles. The minimum atomic E-state index is -3.75. The molecule has 0 saturated heterocycles. The number of rotatable bonds is 6. The average Bonchev–Trinajstić information content (AvgIpc) is 2.70. The molecular formula is C20H18ClN3O4S. The number of hydrogen-bond donors (Lipinski definition) is 4. The molecule has 0 unspecified atom stereocenters. The van der Waals surface area contributed by atoms with E-state index >= 15 is 0 Å². The number of nitrogen functional groups attached to an aromatic ring is 1. The van der Waals surface area contributed by atoms with Crippen molar-refractivity contribution in [3.8, 4) is 5.75 Å². The lowest BCUT2D eigenvalue weighted by atomic mass is 10.1. The van der Waals surface area contributed by atoms with Gasteiger partial charge in [-0.25, -0.2) is 8.42 Å². The minimum absolute atomic E-state index is 0.0596. The predicted molar refractivity (Wildman–Crippen MR) is 112 cm³/mol. The van der Waals surface area contributed by atoms with Gasteiger partial charge >= 0.3 is 0 Å². The summed E-state index contributed by atoms with van der Waals surface area (Å²) in [7, 11) is -3.75. The third kappa shape index (κ3) is 5.18. The van der Waals surface area contributed by atoms with Gasteiger partial charge in [0.25, 0.3) is 15.9 Å². The summed E-state index contributed by atoms with van der Waals surface area (Å²) >= 11 is 5.84. The maximum Gasteiger partial charge on any atom is 0.261 e. The molecular weight excluding hydrogens is 414 g/mol. The van der Waals surface area contributed by atoms with E-state index < -0.39 is 15.9 Å². The molecule has 0 aliphatic heterocycles. The molecule has 0 fully saturated rings. The summed E-state index contributed by atoms with van der Waals surface area (Å²) in [5.41, 5.74) is 7.27. The Bertz CT molecular complexity index is 1130. The van der Waals surface area contributed by atoms with Crippen LogP contribution in [0, 0.1) is 0 Å². The van der Waals surface area contributed by atoms with Gasteiger partial charge in [0.2, 0.25) is 0 Å². The Kier molecular flexibility index (Phi) is 5.95. The maximum absolute atomic E-state index is 12.5. The molecule has 3 aromatic carbocycles. The van der Waals surface area contributed by atoms with Gasteiger partial charge in [-0.2, -0.15) is 0 Å². The lowest BCUT2D eigenvalue weighted by Gasteiger charge is -2.10. The lowest BCUT2D eigenvalue weighted by molar-refractivity contribution is 0.0948. The number of carbonyl (C=O) groups excluding carboxylic acids is 1. The molecule has 0 aliphatic carbocycles. The Morgan fingerprint density at radius 2 is 1.66 bits per heavy atom. The summed E-state index contributed by atoms with van der Waals surface area (Å²) in [6, 6.07) is 16.6. The number of phenols is 1. The zero-order valence-corrected chi connectivity index (χ0v) is 16.7. The van der Waals surface area contributed by atoms with Crippen molar-refractivity contribution >= 4 is 38.9 Å². The van der Waals surface area contributed by atoms with Crippen molar-refractivity contribution in [1.29, 1.82) is 0 Å². The first-order valence-corrected chi connectivity index (χ1v) is 10.3. The van der Waals surface area contributed by atoms with Crippen LogP contribution in [0.5, 0.6) is 5.75 Å². The predicted octanol–water partition coefficient (Wildman–Crippen LogP) is 3.36. The molecule has 3 rings (SSSR count). The van der Waals surface area contributed by atoms with Crippen molar-refractivity contribution in [2.75, 3.05) is 10.5 Å². The van der Waals surface area contributed by atoms with Gasteiger partial charge in [0.15, 0.2) is 0 Å². The number of phenolic OH excluding ortho intramolecular Hbond substituents is 1. The summed E-state index contributed by atoms with van der Waals surface area (Å²) in [5, 5.41) is 12.7. The number of benzene rings is 3. The SMILES string of the molecule is Nc1ccc(NS(=O)(=O)c2ccc(CNC(=O)c3cc(Cl)ccc3O)cc2)cc1. The fraction of sp³-hybridized carbons (Fsp3) is 0.0500. The van der Waals surface area contributed by atoms with E-state index in [0.717, 1.165) is 0 Å². The quantitative estimate of drug-likeness (QED) is 0.446. The molecule has 0 spiro atoms. The van der Waals surface area contributed by atoms with Crippen molar-refractivity contribution in [3.05, 3.63) is 82.9 Å². The monoisotopic (exact) mass is 431 g/mol. The van der Waals surface area contributed by atoms with Crippen LogP contribution in [0.15, 0.2) is 71.6 Å². The largest absolute Gasteiger partial charge is 0.507 e. The lowest BCUT2D eigenvalue weighted by Crippen LogP contribution is -2.23. The van der Waals surface area contributed by atoms with E-state index in [0.29, 0.717) is 22.0 Å². The molecule has 3 aromatic rings. The molecule has 0 aliphatic rings. The number of nitrogens with two attached hydrogens (primary N) is 1. The van der Waals surface area contributed by atoms with Crippen LogP contribution >= 0.6 is 11.6 Å². The van der Waals surface area contributed by atoms with Crippen LogP contribution in [0.4, 0.5) is 11.4 Å². The number of aromatic hydroxyl groups is 1. The van der Waals surface area contributed by atoms with E-state index in [1.165, 1.54) is 30.3 Å². The van der Waals surface area contributed by atoms with Crippen LogP contribution in [-0.2, 0) is 16.6 Å². The molecule has 5 N–H and O–H groups in total. The van der Waals surface area contributed by atoms with Crippen molar-refractivity contribution in [3.63, 3.8) is 0 Å². The summed E-state index contributed by atoms with van der Waals surface area (Å²) in [6.45, 7) is 0.149. The molecule has 7 nitrogen and oxygen atoms in total. The van der Waals surface area contributed by atoms with Gasteiger partial charge in [0.1, 0.15) is 5.75 Å². The molecule has 0 radical (unpaired) electrons. The fourth-order valence-corrected chi connectivity index (χ4v) is 3.75. The summed E-state index contributed by atoms with van der Waals surface area (Å²) in [5.74, 6) is -0.672. The van der Waals surface area contributed by atoms with Crippen molar-refractivity contribution < 1.29 is 18.3 Å². The van der Waals surface area contributed by atoms with E-state index in [9.17, 15) is 18.3 Å². The second-order valence-electron chi connectivity index (χ2n) is 6.22. The maximum atomic E-state index is 12.5. The topological polar surface area (TPSA) is 122 Å². The average molecular weight is 432 g/mol. The number of halogens is 1. The van der Waals surface area contributed by atoms with E-state index in [-0.39, 0.29) is 22.8 Å². The Balaban J connectivity index is 1.66.